The van der Waals surface area contributed by atoms with E-state index in [0.29, 0.717) is 0 Å². The Morgan fingerprint density at radius 3 is 1.77 bits per heavy atom. The molecule has 0 amide bonds. The van der Waals surface area contributed by atoms with E-state index in [4.69, 9.17) is 10.2 Å². The lowest BCUT2D eigenvalue weighted by Gasteiger charge is -2.13. The highest BCUT2D eigenvalue weighted by Gasteiger charge is 2.14. The van der Waals surface area contributed by atoms with Gasteiger partial charge in [-0.1, -0.05) is 140 Å². The Hall–Kier alpha value is -5.08. The van der Waals surface area contributed by atoms with Gasteiger partial charge in [-0.3, -0.25) is 0 Å². The van der Waals surface area contributed by atoms with Crippen LogP contribution in [0.1, 0.15) is 17.2 Å². The van der Waals surface area contributed by atoms with Crippen LogP contribution >= 0.6 is 0 Å². The van der Waals surface area contributed by atoms with Crippen molar-refractivity contribution in [3.63, 3.8) is 0 Å². The second-order valence-electron chi connectivity index (χ2n) is 9.84. The number of fused-ring (bicyclic) bond motifs is 4. The lowest BCUT2D eigenvalue weighted by Crippen LogP contribution is -1.96. The summed E-state index contributed by atoms with van der Waals surface area (Å²) >= 11 is 0. The minimum atomic E-state index is -0.164. The van der Waals surface area contributed by atoms with E-state index in [1.807, 2.05) is 12.1 Å². The zero-order valence-corrected chi connectivity index (χ0v) is 21.4. The summed E-state index contributed by atoms with van der Waals surface area (Å²) < 4.78 is 0. The molecule has 0 fully saturated rings. The number of hydrogen-bond donors (Lipinski definition) is 0. The van der Waals surface area contributed by atoms with Crippen LogP contribution in [-0.4, -0.2) is 0 Å². The summed E-state index contributed by atoms with van der Waals surface area (Å²) in [7, 11) is 0. The van der Waals surface area contributed by atoms with Crippen molar-refractivity contribution in [1.82, 2.24) is 0 Å². The molecular formula is C37H26N2. The molecule has 184 valence electrons. The third kappa shape index (κ3) is 4.36. The van der Waals surface area contributed by atoms with Gasteiger partial charge in [0, 0.05) is 5.39 Å². The topological polar surface area (TPSA) is 24.7 Å². The lowest BCUT2D eigenvalue weighted by atomic mass is 9.93. The van der Waals surface area contributed by atoms with Crippen molar-refractivity contribution in [2.45, 2.75) is 6.04 Å². The Morgan fingerprint density at radius 1 is 0.410 bits per heavy atom. The summed E-state index contributed by atoms with van der Waals surface area (Å²) in [4.78, 5) is 0. The Bertz CT molecular complexity index is 1920. The number of benzene rings is 7. The maximum atomic E-state index is 4.88. The second-order valence-corrected chi connectivity index (χ2v) is 9.84. The molecule has 0 unspecified atom stereocenters. The van der Waals surface area contributed by atoms with Gasteiger partial charge in [0.1, 0.15) is 6.04 Å². The first-order valence-corrected chi connectivity index (χ1v) is 13.3. The summed E-state index contributed by atoms with van der Waals surface area (Å²) in [6.07, 6.45) is 0. The number of azo groups is 1. The van der Waals surface area contributed by atoms with Gasteiger partial charge in [0.25, 0.3) is 0 Å². The molecule has 0 aromatic heterocycles. The standard InChI is InChI=1S/C37H26N2/c1-3-12-27(13-4-1)37(28-14-5-2-6-15-28)39-38-36-20-10-19-33-32-18-9-17-31(34(32)23-24-35(33)36)30-22-21-26-11-7-8-16-29(26)25-30/h1-25,37H. The number of rotatable bonds is 5. The van der Waals surface area contributed by atoms with E-state index in [9.17, 15) is 0 Å². The van der Waals surface area contributed by atoms with Crippen LogP contribution in [0, 0.1) is 0 Å². The van der Waals surface area contributed by atoms with E-state index in [1.165, 1.54) is 38.1 Å². The van der Waals surface area contributed by atoms with Crippen molar-refractivity contribution in [3.8, 4) is 11.1 Å². The maximum absolute atomic E-state index is 4.88. The fourth-order valence-corrected chi connectivity index (χ4v) is 5.52. The Morgan fingerprint density at radius 2 is 1.03 bits per heavy atom. The van der Waals surface area contributed by atoms with Crippen LogP contribution < -0.4 is 0 Å². The zero-order chi connectivity index (χ0) is 26.0. The molecular weight excluding hydrogens is 472 g/mol. The van der Waals surface area contributed by atoms with Crippen molar-refractivity contribution in [2.24, 2.45) is 10.2 Å². The fourth-order valence-electron chi connectivity index (χ4n) is 5.52. The van der Waals surface area contributed by atoms with Gasteiger partial charge in [-0.15, -0.1) is 0 Å². The van der Waals surface area contributed by atoms with Gasteiger partial charge in [-0.05, 0) is 61.3 Å². The predicted molar refractivity (Wildman–Crippen MR) is 164 cm³/mol. The number of hydrogen-bond acceptors (Lipinski definition) is 2. The molecule has 7 aromatic carbocycles. The quantitative estimate of drug-likeness (QED) is 0.167. The Balaban J connectivity index is 1.34. The molecule has 0 N–H and O–H groups in total. The van der Waals surface area contributed by atoms with Gasteiger partial charge >= 0.3 is 0 Å². The van der Waals surface area contributed by atoms with Crippen LogP contribution in [0.2, 0.25) is 0 Å². The smallest absolute Gasteiger partial charge is 0.121 e. The van der Waals surface area contributed by atoms with Crippen molar-refractivity contribution < 1.29 is 0 Å². The van der Waals surface area contributed by atoms with Crippen LogP contribution in [0.3, 0.4) is 0 Å². The second kappa shape index (κ2) is 10.00. The van der Waals surface area contributed by atoms with Gasteiger partial charge < -0.3 is 0 Å². The SMILES string of the molecule is c1ccc(C(N=Nc2cccc3c2ccc2c(-c4ccc5ccccc5c4)cccc23)c2ccccc2)cc1. The average molecular weight is 499 g/mol. The first-order chi connectivity index (χ1) is 19.3. The van der Waals surface area contributed by atoms with Crippen LogP contribution in [0.25, 0.3) is 43.4 Å². The van der Waals surface area contributed by atoms with Crippen molar-refractivity contribution in [3.05, 3.63) is 163 Å². The molecule has 0 spiro atoms. The van der Waals surface area contributed by atoms with E-state index in [0.717, 1.165) is 22.2 Å². The van der Waals surface area contributed by atoms with Crippen LogP contribution in [0.15, 0.2) is 162 Å². The summed E-state index contributed by atoms with van der Waals surface area (Å²) in [5.41, 5.74) is 5.59. The summed E-state index contributed by atoms with van der Waals surface area (Å²) in [6.45, 7) is 0. The molecule has 0 heterocycles. The zero-order valence-electron chi connectivity index (χ0n) is 21.4. The fraction of sp³-hybridized carbons (Fsp3) is 0.0270. The van der Waals surface area contributed by atoms with E-state index >= 15 is 0 Å². The first-order valence-electron chi connectivity index (χ1n) is 13.3. The van der Waals surface area contributed by atoms with Crippen LogP contribution in [0.4, 0.5) is 5.69 Å². The third-order valence-electron chi connectivity index (χ3n) is 7.47. The summed E-state index contributed by atoms with van der Waals surface area (Å²) in [5.74, 6) is 0. The van der Waals surface area contributed by atoms with E-state index < -0.39 is 0 Å². The summed E-state index contributed by atoms with van der Waals surface area (Å²) in [5, 5.41) is 17.0. The molecule has 0 atom stereocenters. The monoisotopic (exact) mass is 498 g/mol. The molecule has 0 radical (unpaired) electrons. The summed E-state index contributed by atoms with van der Waals surface area (Å²) in [6, 6.07) is 53.1. The molecule has 0 aliphatic heterocycles. The van der Waals surface area contributed by atoms with Crippen molar-refractivity contribution in [1.29, 1.82) is 0 Å². The van der Waals surface area contributed by atoms with Crippen molar-refractivity contribution in [2.75, 3.05) is 0 Å². The largest absolute Gasteiger partial charge is 0.176 e. The molecule has 0 aliphatic carbocycles. The molecule has 0 bridgehead atoms. The molecule has 0 saturated heterocycles. The van der Waals surface area contributed by atoms with E-state index in [1.54, 1.807) is 0 Å². The maximum Gasteiger partial charge on any atom is 0.121 e. The molecule has 7 aromatic rings. The Labute approximate surface area is 227 Å². The average Bonchev–Trinajstić information content (AvgIpc) is 3.01. The highest BCUT2D eigenvalue weighted by molar-refractivity contribution is 6.14. The number of nitrogens with zero attached hydrogens (tertiary/aromatic N) is 2. The first kappa shape index (κ1) is 23.1. The van der Waals surface area contributed by atoms with E-state index in [2.05, 4.69) is 140 Å². The van der Waals surface area contributed by atoms with E-state index in [-0.39, 0.29) is 6.04 Å². The van der Waals surface area contributed by atoms with Crippen molar-refractivity contribution >= 4 is 38.0 Å². The molecule has 0 aliphatic rings. The third-order valence-corrected chi connectivity index (χ3v) is 7.47. The predicted octanol–water partition coefficient (Wildman–Crippen LogP) is 10.7. The van der Waals surface area contributed by atoms with Gasteiger partial charge in [0.2, 0.25) is 0 Å². The van der Waals surface area contributed by atoms with Gasteiger partial charge in [-0.25, -0.2) is 0 Å². The van der Waals surface area contributed by atoms with Gasteiger partial charge in [0.05, 0.1) is 5.69 Å². The highest BCUT2D eigenvalue weighted by atomic mass is 15.1. The Kier molecular flexibility index (Phi) is 5.91. The normalized spacial score (nSPS) is 11.7. The molecule has 0 saturated carbocycles. The molecule has 39 heavy (non-hydrogen) atoms. The highest BCUT2D eigenvalue weighted by Crippen LogP contribution is 2.38. The molecule has 2 nitrogen and oxygen atoms in total. The lowest BCUT2D eigenvalue weighted by molar-refractivity contribution is 0.810. The minimum absolute atomic E-state index is 0.164. The van der Waals surface area contributed by atoms with Crippen LogP contribution in [0.5, 0.6) is 0 Å². The van der Waals surface area contributed by atoms with Gasteiger partial charge in [-0.2, -0.15) is 10.2 Å². The molecule has 2 heteroatoms. The molecule has 7 rings (SSSR count). The van der Waals surface area contributed by atoms with Gasteiger partial charge in [0.15, 0.2) is 0 Å². The van der Waals surface area contributed by atoms with Crippen LogP contribution in [-0.2, 0) is 0 Å². The minimum Gasteiger partial charge on any atom is -0.176 e.